The summed E-state index contributed by atoms with van der Waals surface area (Å²) in [6.07, 6.45) is 2.14. The number of aliphatic hydroxyl groups excluding tert-OH is 1. The molecule has 0 bridgehead atoms. The lowest BCUT2D eigenvalue weighted by molar-refractivity contribution is 0.258. The molecular weight excluding hydrogens is 332 g/mol. The molecule has 0 spiro atoms. The number of halogens is 1. The van der Waals surface area contributed by atoms with E-state index in [9.17, 15) is 5.11 Å². The Kier molecular flexibility index (Phi) is 4.49. The van der Waals surface area contributed by atoms with Crippen molar-refractivity contribution in [3.63, 3.8) is 0 Å². The molecule has 0 radical (unpaired) electrons. The van der Waals surface area contributed by atoms with Gasteiger partial charge in [-0.25, -0.2) is 0 Å². The van der Waals surface area contributed by atoms with Gasteiger partial charge in [0.2, 0.25) is 0 Å². The SMILES string of the molecule is OCC(CC1Cc2ccccc2S1)c1cccc(Br)c1. The first kappa shape index (κ1) is 14.2. The van der Waals surface area contributed by atoms with Crippen LogP contribution in [0.3, 0.4) is 0 Å². The van der Waals surface area contributed by atoms with E-state index in [0.29, 0.717) is 5.25 Å². The molecule has 20 heavy (non-hydrogen) atoms. The molecule has 104 valence electrons. The predicted molar refractivity (Wildman–Crippen MR) is 88.4 cm³/mol. The molecule has 0 aliphatic carbocycles. The van der Waals surface area contributed by atoms with E-state index >= 15 is 0 Å². The van der Waals surface area contributed by atoms with Gasteiger partial charge in [0.1, 0.15) is 0 Å². The van der Waals surface area contributed by atoms with Gasteiger partial charge in [-0.2, -0.15) is 0 Å². The average Bonchev–Trinajstić information content (AvgIpc) is 2.87. The molecule has 3 rings (SSSR count). The van der Waals surface area contributed by atoms with Crippen LogP contribution < -0.4 is 0 Å². The van der Waals surface area contributed by atoms with E-state index in [-0.39, 0.29) is 12.5 Å². The summed E-state index contributed by atoms with van der Waals surface area (Å²) in [5.74, 6) is 0.222. The van der Waals surface area contributed by atoms with Crippen molar-refractivity contribution in [2.24, 2.45) is 0 Å². The molecule has 1 N–H and O–H groups in total. The highest BCUT2D eigenvalue weighted by atomic mass is 79.9. The van der Waals surface area contributed by atoms with E-state index < -0.39 is 0 Å². The quantitative estimate of drug-likeness (QED) is 0.868. The highest BCUT2D eigenvalue weighted by Gasteiger charge is 2.25. The minimum atomic E-state index is 0.212. The number of aliphatic hydroxyl groups is 1. The molecule has 1 aliphatic rings. The molecule has 1 nitrogen and oxygen atoms in total. The van der Waals surface area contributed by atoms with Crippen LogP contribution in [-0.2, 0) is 6.42 Å². The molecule has 2 aromatic carbocycles. The molecule has 2 aromatic rings. The second-order valence-electron chi connectivity index (χ2n) is 5.22. The smallest absolute Gasteiger partial charge is 0.0500 e. The number of rotatable bonds is 4. The Hall–Kier alpha value is -0.770. The van der Waals surface area contributed by atoms with Crippen molar-refractivity contribution in [1.29, 1.82) is 0 Å². The Morgan fingerprint density at radius 2 is 2.05 bits per heavy atom. The van der Waals surface area contributed by atoms with Crippen molar-refractivity contribution in [1.82, 2.24) is 0 Å². The van der Waals surface area contributed by atoms with Crippen LogP contribution in [0.1, 0.15) is 23.5 Å². The maximum atomic E-state index is 9.72. The fraction of sp³-hybridized carbons (Fsp3) is 0.294. The van der Waals surface area contributed by atoms with E-state index in [1.165, 1.54) is 16.0 Å². The monoisotopic (exact) mass is 348 g/mol. The standard InChI is InChI=1S/C17H17BrOS/c18-15-6-3-5-12(8-15)14(11-19)10-16-9-13-4-1-2-7-17(13)20-16/h1-8,14,16,19H,9-11H2. The van der Waals surface area contributed by atoms with E-state index in [1.54, 1.807) is 0 Å². The number of fused-ring (bicyclic) bond motifs is 1. The van der Waals surface area contributed by atoms with Gasteiger partial charge in [-0.1, -0.05) is 46.3 Å². The molecule has 0 saturated carbocycles. The van der Waals surface area contributed by atoms with Gasteiger partial charge in [-0.15, -0.1) is 11.8 Å². The summed E-state index contributed by atoms with van der Waals surface area (Å²) < 4.78 is 1.08. The lowest BCUT2D eigenvalue weighted by Gasteiger charge is -2.18. The van der Waals surface area contributed by atoms with Crippen LogP contribution in [0.2, 0.25) is 0 Å². The first-order chi connectivity index (χ1) is 9.76. The molecular formula is C17H17BrOS. The van der Waals surface area contributed by atoms with Crippen LogP contribution in [0.25, 0.3) is 0 Å². The summed E-state index contributed by atoms with van der Waals surface area (Å²) in [7, 11) is 0. The van der Waals surface area contributed by atoms with Gasteiger partial charge >= 0.3 is 0 Å². The van der Waals surface area contributed by atoms with Gasteiger partial charge in [0, 0.05) is 27.1 Å². The van der Waals surface area contributed by atoms with Crippen molar-refractivity contribution in [2.45, 2.75) is 28.9 Å². The van der Waals surface area contributed by atoms with Crippen molar-refractivity contribution in [3.05, 3.63) is 64.1 Å². The van der Waals surface area contributed by atoms with Crippen LogP contribution in [0.5, 0.6) is 0 Å². The Morgan fingerprint density at radius 3 is 2.80 bits per heavy atom. The summed E-state index contributed by atoms with van der Waals surface area (Å²) in [5, 5.41) is 10.3. The maximum absolute atomic E-state index is 9.72. The molecule has 0 fully saturated rings. The number of hydrogen-bond donors (Lipinski definition) is 1. The van der Waals surface area contributed by atoms with E-state index in [1.807, 2.05) is 23.9 Å². The van der Waals surface area contributed by atoms with Gasteiger partial charge < -0.3 is 5.11 Å². The predicted octanol–water partition coefficient (Wildman–Crippen LogP) is 4.63. The molecule has 0 amide bonds. The Labute approximate surface area is 132 Å². The molecule has 0 aromatic heterocycles. The molecule has 2 atom stereocenters. The second-order valence-corrected chi connectivity index (χ2v) is 7.48. The zero-order valence-corrected chi connectivity index (χ0v) is 13.5. The Balaban J connectivity index is 1.71. The third-order valence-electron chi connectivity index (χ3n) is 3.80. The topological polar surface area (TPSA) is 20.2 Å². The van der Waals surface area contributed by atoms with Crippen molar-refractivity contribution in [2.75, 3.05) is 6.61 Å². The van der Waals surface area contributed by atoms with Crippen LogP contribution in [0.15, 0.2) is 57.9 Å². The number of thioether (sulfide) groups is 1. The summed E-state index contributed by atoms with van der Waals surface area (Å²) in [5.41, 5.74) is 2.67. The van der Waals surface area contributed by atoms with Crippen LogP contribution in [0.4, 0.5) is 0 Å². The average molecular weight is 349 g/mol. The van der Waals surface area contributed by atoms with Crippen molar-refractivity contribution in [3.8, 4) is 0 Å². The van der Waals surface area contributed by atoms with Gasteiger partial charge in [0.05, 0.1) is 0 Å². The van der Waals surface area contributed by atoms with E-state index in [2.05, 4.69) is 52.3 Å². The first-order valence-corrected chi connectivity index (χ1v) is 8.54. The largest absolute Gasteiger partial charge is 0.396 e. The highest BCUT2D eigenvalue weighted by Crippen LogP contribution is 2.41. The van der Waals surface area contributed by atoms with Crippen LogP contribution >= 0.6 is 27.7 Å². The summed E-state index contributed by atoms with van der Waals surface area (Å²) in [4.78, 5) is 1.41. The van der Waals surface area contributed by atoms with Gasteiger partial charge in [0.15, 0.2) is 0 Å². The van der Waals surface area contributed by atoms with E-state index in [4.69, 9.17) is 0 Å². The maximum Gasteiger partial charge on any atom is 0.0500 e. The summed E-state index contributed by atoms with van der Waals surface area (Å²) in [6, 6.07) is 16.9. The molecule has 3 heteroatoms. The fourth-order valence-corrected chi connectivity index (χ4v) is 4.61. The number of hydrogen-bond acceptors (Lipinski definition) is 2. The Bertz CT molecular complexity index is 574. The van der Waals surface area contributed by atoms with Gasteiger partial charge in [0.25, 0.3) is 0 Å². The first-order valence-electron chi connectivity index (χ1n) is 6.87. The van der Waals surface area contributed by atoms with E-state index in [0.717, 1.165) is 17.3 Å². The molecule has 2 unspecified atom stereocenters. The van der Waals surface area contributed by atoms with Gasteiger partial charge in [-0.05, 0) is 42.2 Å². The minimum absolute atomic E-state index is 0.212. The third kappa shape index (κ3) is 3.11. The fourth-order valence-electron chi connectivity index (χ4n) is 2.78. The van der Waals surface area contributed by atoms with Crippen molar-refractivity contribution >= 4 is 27.7 Å². The molecule has 0 saturated heterocycles. The Morgan fingerprint density at radius 1 is 1.20 bits per heavy atom. The normalized spacial score (nSPS) is 18.8. The van der Waals surface area contributed by atoms with Crippen LogP contribution in [0, 0.1) is 0 Å². The molecule has 1 aliphatic heterocycles. The van der Waals surface area contributed by atoms with Gasteiger partial charge in [-0.3, -0.25) is 0 Å². The molecule has 1 heterocycles. The number of benzene rings is 2. The second kappa shape index (κ2) is 6.33. The van der Waals surface area contributed by atoms with Crippen molar-refractivity contribution < 1.29 is 5.11 Å². The zero-order chi connectivity index (χ0) is 13.9. The minimum Gasteiger partial charge on any atom is -0.396 e. The van der Waals surface area contributed by atoms with Crippen LogP contribution in [-0.4, -0.2) is 17.0 Å². The lowest BCUT2D eigenvalue weighted by atomic mass is 9.93. The lowest BCUT2D eigenvalue weighted by Crippen LogP contribution is -2.12. The third-order valence-corrected chi connectivity index (χ3v) is 5.64. The highest BCUT2D eigenvalue weighted by molar-refractivity contribution is 9.10. The summed E-state index contributed by atoms with van der Waals surface area (Å²) in [6.45, 7) is 0.212. The summed E-state index contributed by atoms with van der Waals surface area (Å²) >= 11 is 5.46. The zero-order valence-electron chi connectivity index (χ0n) is 11.1.